The van der Waals surface area contributed by atoms with Crippen LogP contribution in [0.3, 0.4) is 0 Å². The summed E-state index contributed by atoms with van der Waals surface area (Å²) in [6.45, 7) is 9.34. The van der Waals surface area contributed by atoms with Gasteiger partial charge in [-0.15, -0.1) is 0 Å². The summed E-state index contributed by atoms with van der Waals surface area (Å²) in [5, 5.41) is 11.1. The Hall–Kier alpha value is -5.99. The van der Waals surface area contributed by atoms with Crippen LogP contribution in [0.2, 0.25) is 5.02 Å². The SMILES string of the molecule is CC(C)S(=O)(=O)c1ccccc1Nc1nc(Nc2ccc(N3CCN(CCOCCOCCCC(=O)CNc4cccc5c4C(=O)N(C4CCC(=O)NC4=O)C5=O)CC3)cc2)ncc1Cl. The van der Waals surface area contributed by atoms with Crippen LogP contribution in [-0.4, -0.2) is 135 Å². The predicted molar refractivity (Wildman–Crippen MR) is 245 cm³/mol. The van der Waals surface area contributed by atoms with Crippen molar-refractivity contribution in [2.45, 2.75) is 55.7 Å². The molecule has 65 heavy (non-hydrogen) atoms. The van der Waals surface area contributed by atoms with Crippen molar-refractivity contribution >= 4 is 85.4 Å². The van der Waals surface area contributed by atoms with Crippen LogP contribution in [0.5, 0.6) is 0 Å². The van der Waals surface area contributed by atoms with Crippen LogP contribution in [0.25, 0.3) is 0 Å². The van der Waals surface area contributed by atoms with E-state index in [4.69, 9.17) is 21.1 Å². The lowest BCUT2D eigenvalue weighted by Crippen LogP contribution is -2.54. The molecule has 4 aromatic rings. The number of sulfone groups is 1. The summed E-state index contributed by atoms with van der Waals surface area (Å²) in [4.78, 5) is 77.5. The Morgan fingerprint density at radius 2 is 1.60 bits per heavy atom. The smallest absolute Gasteiger partial charge is 0.264 e. The number of carbonyl (C=O) groups excluding carboxylic acids is 5. The van der Waals surface area contributed by atoms with Gasteiger partial charge < -0.3 is 30.3 Å². The van der Waals surface area contributed by atoms with E-state index in [2.05, 4.69) is 41.0 Å². The molecular formula is C45H52ClN9O9S. The number of ketones is 1. The number of nitrogens with zero attached hydrogens (tertiary/aromatic N) is 5. The van der Waals surface area contributed by atoms with Gasteiger partial charge in [-0.05, 0) is 75.2 Å². The topological polar surface area (TPSA) is 222 Å². The van der Waals surface area contributed by atoms with E-state index in [9.17, 15) is 32.4 Å². The molecule has 1 unspecified atom stereocenters. The number of para-hydroxylation sites is 1. The number of hydrogen-bond donors (Lipinski definition) is 4. The number of piperazine rings is 1. The molecule has 0 saturated carbocycles. The number of halogens is 1. The fourth-order valence-corrected chi connectivity index (χ4v) is 9.00. The number of rotatable bonds is 21. The van der Waals surface area contributed by atoms with E-state index in [0.717, 1.165) is 49.0 Å². The molecule has 3 aliphatic rings. The van der Waals surface area contributed by atoms with Gasteiger partial charge in [0, 0.05) is 69.2 Å². The third-order valence-corrected chi connectivity index (χ3v) is 13.8. The largest absolute Gasteiger partial charge is 0.379 e. The second kappa shape index (κ2) is 21.3. The molecule has 7 rings (SSSR count). The number of Topliss-reactive ketones (excluding diaryl/α,β-unsaturated/α-hetero) is 1. The van der Waals surface area contributed by atoms with Crippen molar-refractivity contribution in [2.75, 3.05) is 86.5 Å². The molecule has 20 heteroatoms. The Bertz CT molecular complexity index is 2520. The highest BCUT2D eigenvalue weighted by Gasteiger charge is 2.45. The maximum atomic E-state index is 13.3. The highest BCUT2D eigenvalue weighted by atomic mass is 35.5. The molecule has 3 aromatic carbocycles. The van der Waals surface area contributed by atoms with Gasteiger partial charge in [0.25, 0.3) is 11.8 Å². The number of carbonyl (C=O) groups is 5. The molecular weight excluding hydrogens is 878 g/mol. The van der Waals surface area contributed by atoms with E-state index in [1.807, 2.05) is 24.3 Å². The Balaban J connectivity index is 0.751. The molecule has 4 N–H and O–H groups in total. The van der Waals surface area contributed by atoms with Crippen LogP contribution < -0.4 is 26.2 Å². The first-order valence-corrected chi connectivity index (χ1v) is 23.4. The van der Waals surface area contributed by atoms with Gasteiger partial charge in [-0.1, -0.05) is 29.8 Å². The number of piperidine rings is 1. The monoisotopic (exact) mass is 929 g/mol. The number of anilines is 6. The third kappa shape index (κ3) is 11.5. The maximum absolute atomic E-state index is 13.3. The van der Waals surface area contributed by atoms with Crippen LogP contribution in [-0.2, 0) is 33.7 Å². The van der Waals surface area contributed by atoms with E-state index in [0.29, 0.717) is 50.2 Å². The van der Waals surface area contributed by atoms with Crippen molar-refractivity contribution in [3.05, 3.63) is 89.1 Å². The first kappa shape index (κ1) is 47.0. The first-order chi connectivity index (χ1) is 31.3. The highest BCUT2D eigenvalue weighted by Crippen LogP contribution is 2.33. The van der Waals surface area contributed by atoms with E-state index in [1.54, 1.807) is 50.2 Å². The average Bonchev–Trinajstić information content (AvgIpc) is 3.55. The fourth-order valence-electron chi connectivity index (χ4n) is 7.66. The Labute approximate surface area is 382 Å². The van der Waals surface area contributed by atoms with Crippen LogP contribution in [0.1, 0.15) is 60.2 Å². The zero-order valence-corrected chi connectivity index (χ0v) is 37.8. The van der Waals surface area contributed by atoms with Gasteiger partial charge in [0.15, 0.2) is 21.4 Å². The van der Waals surface area contributed by atoms with Crippen molar-refractivity contribution < 1.29 is 41.9 Å². The van der Waals surface area contributed by atoms with Gasteiger partial charge in [-0.2, -0.15) is 4.98 Å². The van der Waals surface area contributed by atoms with E-state index in [1.165, 1.54) is 12.3 Å². The van der Waals surface area contributed by atoms with Crippen molar-refractivity contribution in [3.63, 3.8) is 0 Å². The highest BCUT2D eigenvalue weighted by molar-refractivity contribution is 7.92. The number of nitrogens with one attached hydrogen (secondary N) is 4. The first-order valence-electron chi connectivity index (χ1n) is 21.5. The summed E-state index contributed by atoms with van der Waals surface area (Å²) in [5.74, 6) is -1.88. The number of hydrogen-bond acceptors (Lipinski definition) is 16. The minimum Gasteiger partial charge on any atom is -0.379 e. The van der Waals surface area contributed by atoms with Crippen LogP contribution in [0.15, 0.2) is 77.8 Å². The van der Waals surface area contributed by atoms with Gasteiger partial charge in [0.05, 0.1) is 59.5 Å². The van der Waals surface area contributed by atoms with Crippen molar-refractivity contribution in [2.24, 2.45) is 0 Å². The van der Waals surface area contributed by atoms with Crippen molar-refractivity contribution in [1.82, 2.24) is 25.1 Å². The molecule has 2 saturated heterocycles. The minimum absolute atomic E-state index is 0.0303. The molecule has 0 radical (unpaired) electrons. The number of fused-ring (bicyclic) bond motifs is 1. The van der Waals surface area contributed by atoms with Crippen LogP contribution >= 0.6 is 11.6 Å². The van der Waals surface area contributed by atoms with Gasteiger partial charge in [0.1, 0.15) is 11.1 Å². The number of imide groups is 2. The second-order valence-corrected chi connectivity index (χ2v) is 18.9. The zero-order chi connectivity index (χ0) is 46.1. The standard InChI is InChI=1S/C45H52ClN9O9S/c1-29(2)65(61,62)38-11-4-3-9-35(38)50-41-34(46)28-48-45(52-41)49-30-12-14-31(15-13-30)54-20-18-53(19-21-54)22-24-64-26-25-63-23-6-7-32(56)27-47-36-10-5-8-33-40(36)44(60)55(43(33)59)37-16-17-39(57)51-42(37)58/h3-5,8-15,28-29,37,47H,6-7,16-27H2,1-2H3,(H,51,57,58)(H2,48,49,50,52). The number of ether oxygens (including phenoxy) is 2. The summed E-state index contributed by atoms with van der Waals surface area (Å²) >= 11 is 6.40. The lowest BCUT2D eigenvalue weighted by Gasteiger charge is -2.36. The Morgan fingerprint density at radius 3 is 2.34 bits per heavy atom. The molecule has 1 atom stereocenters. The number of amides is 4. The minimum atomic E-state index is -3.55. The fraction of sp³-hybridized carbons (Fsp3) is 0.400. The quantitative estimate of drug-likeness (QED) is 0.0650. The summed E-state index contributed by atoms with van der Waals surface area (Å²) in [7, 11) is -3.55. The lowest BCUT2D eigenvalue weighted by atomic mass is 10.0. The van der Waals surface area contributed by atoms with Crippen molar-refractivity contribution in [1.29, 1.82) is 0 Å². The van der Waals surface area contributed by atoms with Crippen LogP contribution in [0.4, 0.5) is 34.5 Å². The molecule has 0 aliphatic carbocycles. The summed E-state index contributed by atoms with van der Waals surface area (Å²) < 4.78 is 37.4. The zero-order valence-electron chi connectivity index (χ0n) is 36.2. The molecule has 0 spiro atoms. The number of aromatic nitrogens is 2. The summed E-state index contributed by atoms with van der Waals surface area (Å²) in [6.07, 6.45) is 2.32. The van der Waals surface area contributed by atoms with Gasteiger partial charge in [0.2, 0.25) is 17.8 Å². The Morgan fingerprint density at radius 1 is 0.877 bits per heavy atom. The molecule has 4 heterocycles. The molecule has 18 nitrogen and oxygen atoms in total. The van der Waals surface area contributed by atoms with E-state index in [-0.39, 0.29) is 58.5 Å². The normalized spacial score (nSPS) is 16.8. The predicted octanol–water partition coefficient (Wildman–Crippen LogP) is 4.82. The average molecular weight is 930 g/mol. The molecule has 4 amide bonds. The third-order valence-electron chi connectivity index (χ3n) is 11.3. The molecule has 3 aliphatic heterocycles. The number of benzene rings is 3. The van der Waals surface area contributed by atoms with Gasteiger partial charge in [-0.25, -0.2) is 13.4 Å². The molecule has 2 fully saturated rings. The second-order valence-electron chi connectivity index (χ2n) is 16.0. The molecule has 1 aromatic heterocycles. The van der Waals surface area contributed by atoms with Gasteiger partial charge in [-0.3, -0.25) is 39.1 Å². The van der Waals surface area contributed by atoms with E-state index < -0.39 is 44.8 Å². The molecule has 0 bridgehead atoms. The van der Waals surface area contributed by atoms with Gasteiger partial charge >= 0.3 is 0 Å². The maximum Gasteiger partial charge on any atom is 0.264 e. The molecule has 344 valence electrons. The summed E-state index contributed by atoms with van der Waals surface area (Å²) in [6, 6.07) is 18.3. The van der Waals surface area contributed by atoms with E-state index >= 15 is 0 Å². The Kier molecular flexibility index (Phi) is 15.4. The summed E-state index contributed by atoms with van der Waals surface area (Å²) in [5.41, 5.74) is 2.84. The van der Waals surface area contributed by atoms with Crippen LogP contribution in [0, 0.1) is 0 Å². The van der Waals surface area contributed by atoms with Crippen molar-refractivity contribution in [3.8, 4) is 0 Å². The lowest BCUT2D eigenvalue weighted by molar-refractivity contribution is -0.136.